The van der Waals surface area contributed by atoms with E-state index in [0.717, 1.165) is 28.5 Å². The summed E-state index contributed by atoms with van der Waals surface area (Å²) in [6.07, 6.45) is 5.94. The zero-order valence-electron chi connectivity index (χ0n) is 11.1. The third-order valence-corrected chi connectivity index (χ3v) is 5.39. The average molecular weight is 264 g/mol. The van der Waals surface area contributed by atoms with Crippen molar-refractivity contribution < 1.29 is 4.79 Å². The fourth-order valence-corrected chi connectivity index (χ4v) is 3.87. The summed E-state index contributed by atoms with van der Waals surface area (Å²) in [6.45, 7) is 5.68. The van der Waals surface area contributed by atoms with E-state index in [1.165, 1.54) is 25.7 Å². The van der Waals surface area contributed by atoms with Gasteiger partial charge in [-0.05, 0) is 38.5 Å². The summed E-state index contributed by atoms with van der Waals surface area (Å²) in [4.78, 5) is 19.2. The lowest BCUT2D eigenvalue weighted by atomic mass is 9.93. The summed E-state index contributed by atoms with van der Waals surface area (Å²) < 4.78 is 0. The first-order valence-corrected chi connectivity index (χ1v) is 7.75. The van der Waals surface area contributed by atoms with Crippen molar-refractivity contribution in [2.75, 3.05) is 11.4 Å². The monoisotopic (exact) mass is 264 g/mol. The van der Waals surface area contributed by atoms with Crippen molar-refractivity contribution in [3.63, 3.8) is 0 Å². The summed E-state index contributed by atoms with van der Waals surface area (Å²) in [5, 5.41) is 1.07. The molecule has 1 saturated heterocycles. The highest BCUT2D eigenvalue weighted by atomic mass is 32.1. The van der Waals surface area contributed by atoms with Crippen molar-refractivity contribution in [3.8, 4) is 0 Å². The van der Waals surface area contributed by atoms with E-state index in [2.05, 4.69) is 18.7 Å². The molecule has 2 heterocycles. The molecule has 1 aliphatic heterocycles. The maximum Gasteiger partial charge on any atom is 0.186 e. The number of hydrogen-bond acceptors (Lipinski definition) is 4. The number of anilines is 1. The number of aldehydes is 1. The Morgan fingerprint density at radius 3 is 2.78 bits per heavy atom. The topological polar surface area (TPSA) is 33.2 Å². The van der Waals surface area contributed by atoms with Crippen LogP contribution in [0.5, 0.6) is 0 Å². The van der Waals surface area contributed by atoms with Crippen LogP contribution in [0.1, 0.15) is 60.8 Å². The molecular formula is C14H20N2OS. The third kappa shape index (κ3) is 2.07. The molecule has 0 bridgehead atoms. The van der Waals surface area contributed by atoms with Crippen molar-refractivity contribution in [2.45, 2.75) is 51.5 Å². The van der Waals surface area contributed by atoms with E-state index in [4.69, 9.17) is 4.98 Å². The predicted octanol–water partition coefficient (Wildman–Crippen LogP) is 3.46. The molecule has 1 saturated carbocycles. The second-order valence-electron chi connectivity index (χ2n) is 5.69. The Morgan fingerprint density at radius 2 is 2.11 bits per heavy atom. The van der Waals surface area contributed by atoms with Gasteiger partial charge >= 0.3 is 0 Å². The Bertz CT molecular complexity index is 453. The minimum Gasteiger partial charge on any atom is -0.345 e. The molecule has 1 aliphatic carbocycles. The predicted molar refractivity (Wildman–Crippen MR) is 74.7 cm³/mol. The van der Waals surface area contributed by atoms with E-state index < -0.39 is 0 Å². The largest absolute Gasteiger partial charge is 0.345 e. The van der Waals surface area contributed by atoms with E-state index in [0.29, 0.717) is 17.9 Å². The summed E-state index contributed by atoms with van der Waals surface area (Å²) in [7, 11) is 0. The van der Waals surface area contributed by atoms with Gasteiger partial charge in [-0.25, -0.2) is 4.98 Å². The molecule has 0 amide bonds. The van der Waals surface area contributed by atoms with Crippen LogP contribution in [0.25, 0.3) is 0 Å². The highest BCUT2D eigenvalue weighted by Gasteiger charge is 2.32. The molecule has 2 atom stereocenters. The van der Waals surface area contributed by atoms with Crippen LogP contribution in [0.4, 0.5) is 5.13 Å². The van der Waals surface area contributed by atoms with Gasteiger partial charge < -0.3 is 4.90 Å². The number of carbonyl (C=O) groups is 1. The van der Waals surface area contributed by atoms with Crippen molar-refractivity contribution in [1.82, 2.24) is 4.98 Å². The second-order valence-corrected chi connectivity index (χ2v) is 6.70. The van der Waals surface area contributed by atoms with Crippen LogP contribution < -0.4 is 4.90 Å². The number of nitrogens with zero attached hydrogens (tertiary/aromatic N) is 2. The van der Waals surface area contributed by atoms with E-state index in [1.54, 1.807) is 11.3 Å². The van der Waals surface area contributed by atoms with Gasteiger partial charge in [0.05, 0.1) is 10.6 Å². The lowest BCUT2D eigenvalue weighted by Gasteiger charge is -2.37. The first-order valence-electron chi connectivity index (χ1n) is 6.93. The molecule has 4 heteroatoms. The molecule has 2 fully saturated rings. The Labute approximate surface area is 112 Å². The Hall–Kier alpha value is -0.900. The maximum absolute atomic E-state index is 11.2. The highest BCUT2D eigenvalue weighted by molar-refractivity contribution is 7.17. The molecule has 0 aromatic carbocycles. The van der Waals surface area contributed by atoms with Crippen LogP contribution in [-0.2, 0) is 0 Å². The first kappa shape index (κ1) is 12.2. The molecule has 0 N–H and O–H groups in total. The summed E-state index contributed by atoms with van der Waals surface area (Å²) in [5.41, 5.74) is 1.07. The molecule has 3 nitrogen and oxygen atoms in total. The lowest BCUT2D eigenvalue weighted by Crippen LogP contribution is -2.42. The van der Waals surface area contributed by atoms with Gasteiger partial charge in [0.2, 0.25) is 0 Å². The standard InChI is InChI=1S/C14H20N2OS/c1-9-4-3-7-16(10(9)2)14-15-13(11-5-6-11)12(8-17)18-14/h8-11H,3-7H2,1-2H3. The molecule has 2 aliphatic rings. The fraction of sp³-hybridized carbons (Fsp3) is 0.714. The van der Waals surface area contributed by atoms with Crippen LogP contribution in [0.15, 0.2) is 0 Å². The highest BCUT2D eigenvalue weighted by Crippen LogP contribution is 2.44. The van der Waals surface area contributed by atoms with Gasteiger partial charge in [0, 0.05) is 18.5 Å². The van der Waals surface area contributed by atoms with Gasteiger partial charge in [-0.1, -0.05) is 18.3 Å². The summed E-state index contributed by atoms with van der Waals surface area (Å²) in [5.74, 6) is 1.28. The molecule has 3 rings (SSSR count). The SMILES string of the molecule is CC1CCCN(c2nc(C3CC3)c(C=O)s2)C1C. The van der Waals surface area contributed by atoms with E-state index >= 15 is 0 Å². The van der Waals surface area contributed by atoms with Crippen LogP contribution in [-0.4, -0.2) is 23.9 Å². The Balaban J connectivity index is 1.89. The molecule has 98 valence electrons. The van der Waals surface area contributed by atoms with Gasteiger partial charge in [0.1, 0.15) is 0 Å². The van der Waals surface area contributed by atoms with Crippen LogP contribution >= 0.6 is 11.3 Å². The zero-order valence-corrected chi connectivity index (χ0v) is 11.9. The molecule has 0 radical (unpaired) electrons. The maximum atomic E-state index is 11.2. The minimum atomic E-state index is 0.538. The summed E-state index contributed by atoms with van der Waals surface area (Å²) >= 11 is 1.59. The molecule has 18 heavy (non-hydrogen) atoms. The van der Waals surface area contributed by atoms with E-state index in [-0.39, 0.29) is 0 Å². The number of carbonyl (C=O) groups excluding carboxylic acids is 1. The van der Waals surface area contributed by atoms with Crippen LogP contribution in [0.2, 0.25) is 0 Å². The van der Waals surface area contributed by atoms with E-state index in [9.17, 15) is 4.79 Å². The second kappa shape index (κ2) is 4.65. The van der Waals surface area contributed by atoms with Gasteiger partial charge in [0.15, 0.2) is 11.4 Å². The fourth-order valence-electron chi connectivity index (χ4n) is 2.79. The smallest absolute Gasteiger partial charge is 0.186 e. The number of aromatic nitrogens is 1. The number of piperidine rings is 1. The van der Waals surface area contributed by atoms with Crippen molar-refractivity contribution in [2.24, 2.45) is 5.92 Å². The number of thiazole rings is 1. The molecule has 2 unspecified atom stereocenters. The third-order valence-electron chi connectivity index (χ3n) is 4.36. The normalized spacial score (nSPS) is 28.4. The molecule has 1 aromatic heterocycles. The van der Waals surface area contributed by atoms with Gasteiger partial charge in [-0.3, -0.25) is 4.79 Å². The number of rotatable bonds is 3. The quantitative estimate of drug-likeness (QED) is 0.784. The Morgan fingerprint density at radius 1 is 1.33 bits per heavy atom. The molecular weight excluding hydrogens is 244 g/mol. The van der Waals surface area contributed by atoms with Crippen molar-refractivity contribution in [1.29, 1.82) is 0 Å². The van der Waals surface area contributed by atoms with Gasteiger partial charge in [-0.2, -0.15) is 0 Å². The lowest BCUT2D eigenvalue weighted by molar-refractivity contribution is 0.112. The van der Waals surface area contributed by atoms with Crippen LogP contribution in [0, 0.1) is 5.92 Å². The number of hydrogen-bond donors (Lipinski definition) is 0. The molecule has 1 aromatic rings. The first-order chi connectivity index (χ1) is 8.70. The Kier molecular flexibility index (Phi) is 3.14. The zero-order chi connectivity index (χ0) is 12.7. The summed E-state index contributed by atoms with van der Waals surface area (Å²) in [6, 6.07) is 0.538. The van der Waals surface area contributed by atoms with Gasteiger partial charge in [-0.15, -0.1) is 0 Å². The average Bonchev–Trinajstić information content (AvgIpc) is 3.13. The molecule has 0 spiro atoms. The van der Waals surface area contributed by atoms with Crippen LogP contribution in [0.3, 0.4) is 0 Å². The van der Waals surface area contributed by atoms with Crippen molar-refractivity contribution >= 4 is 22.8 Å². The minimum absolute atomic E-state index is 0.538. The van der Waals surface area contributed by atoms with Crippen molar-refractivity contribution in [3.05, 3.63) is 10.6 Å². The van der Waals surface area contributed by atoms with E-state index in [1.807, 2.05) is 0 Å². The van der Waals surface area contributed by atoms with Gasteiger partial charge in [0.25, 0.3) is 0 Å².